The van der Waals surface area contributed by atoms with Gasteiger partial charge in [-0.1, -0.05) is 15.9 Å². The number of H-pyrrole nitrogens is 1. The van der Waals surface area contributed by atoms with Gasteiger partial charge in [-0.3, -0.25) is 0 Å². The minimum atomic E-state index is -0.430. The summed E-state index contributed by atoms with van der Waals surface area (Å²) in [5.74, 6) is 0.677. The SMILES string of the molecule is COC(=O)c1ccc(Br)cc1Oc1ccc2[nH]ccc2c1. The first-order valence-electron chi connectivity index (χ1n) is 6.30. The molecule has 0 aliphatic rings. The second-order valence-corrected chi connectivity index (χ2v) is 5.38. The van der Waals surface area contributed by atoms with Crippen LogP contribution < -0.4 is 4.74 Å². The lowest BCUT2D eigenvalue weighted by Gasteiger charge is -2.10. The van der Waals surface area contributed by atoms with Gasteiger partial charge in [0, 0.05) is 21.6 Å². The molecule has 0 radical (unpaired) electrons. The number of hydrogen-bond donors (Lipinski definition) is 1. The molecule has 1 heterocycles. The summed E-state index contributed by atoms with van der Waals surface area (Å²) in [6, 6.07) is 12.8. The van der Waals surface area contributed by atoms with E-state index in [4.69, 9.17) is 9.47 Å². The zero-order valence-electron chi connectivity index (χ0n) is 11.2. The molecule has 21 heavy (non-hydrogen) atoms. The third-order valence-electron chi connectivity index (χ3n) is 3.10. The monoisotopic (exact) mass is 345 g/mol. The largest absolute Gasteiger partial charge is 0.465 e. The topological polar surface area (TPSA) is 51.3 Å². The van der Waals surface area contributed by atoms with E-state index in [0.29, 0.717) is 17.1 Å². The number of methoxy groups -OCH3 is 1. The average Bonchev–Trinajstić information content (AvgIpc) is 2.94. The first kappa shape index (κ1) is 13.7. The van der Waals surface area contributed by atoms with E-state index in [9.17, 15) is 4.79 Å². The van der Waals surface area contributed by atoms with Gasteiger partial charge in [0.1, 0.15) is 17.1 Å². The second kappa shape index (κ2) is 5.61. The molecule has 0 fully saturated rings. The molecule has 0 aliphatic carbocycles. The van der Waals surface area contributed by atoms with Crippen LogP contribution in [0.3, 0.4) is 0 Å². The Bertz CT molecular complexity index is 810. The molecular weight excluding hydrogens is 334 g/mol. The number of esters is 1. The number of benzene rings is 2. The summed E-state index contributed by atoms with van der Waals surface area (Å²) >= 11 is 3.38. The molecule has 0 bridgehead atoms. The Morgan fingerprint density at radius 3 is 2.81 bits per heavy atom. The number of carbonyl (C=O) groups is 1. The number of nitrogens with one attached hydrogen (secondary N) is 1. The first-order valence-corrected chi connectivity index (χ1v) is 7.09. The molecule has 0 unspecified atom stereocenters. The number of fused-ring (bicyclic) bond motifs is 1. The van der Waals surface area contributed by atoms with Crippen LogP contribution >= 0.6 is 15.9 Å². The van der Waals surface area contributed by atoms with Gasteiger partial charge < -0.3 is 14.5 Å². The van der Waals surface area contributed by atoms with E-state index in [0.717, 1.165) is 15.4 Å². The van der Waals surface area contributed by atoms with E-state index in [-0.39, 0.29) is 0 Å². The zero-order chi connectivity index (χ0) is 14.8. The van der Waals surface area contributed by atoms with E-state index in [1.807, 2.05) is 30.5 Å². The van der Waals surface area contributed by atoms with Gasteiger partial charge in [0.25, 0.3) is 0 Å². The van der Waals surface area contributed by atoms with Crippen LogP contribution in [-0.2, 0) is 4.74 Å². The number of rotatable bonds is 3. The molecular formula is C16H12BrNO3. The van der Waals surface area contributed by atoms with E-state index in [1.165, 1.54) is 7.11 Å². The lowest BCUT2D eigenvalue weighted by Crippen LogP contribution is -2.03. The van der Waals surface area contributed by atoms with Crippen LogP contribution in [0.15, 0.2) is 53.1 Å². The Balaban J connectivity index is 1.99. The van der Waals surface area contributed by atoms with Crippen LogP contribution in [0.4, 0.5) is 0 Å². The van der Waals surface area contributed by atoms with Gasteiger partial charge in [-0.05, 0) is 42.5 Å². The summed E-state index contributed by atoms with van der Waals surface area (Å²) < 4.78 is 11.4. The van der Waals surface area contributed by atoms with Crippen molar-refractivity contribution in [1.29, 1.82) is 0 Å². The highest BCUT2D eigenvalue weighted by molar-refractivity contribution is 9.10. The van der Waals surface area contributed by atoms with Gasteiger partial charge in [0.2, 0.25) is 0 Å². The molecule has 0 spiro atoms. The molecule has 4 nitrogen and oxygen atoms in total. The van der Waals surface area contributed by atoms with Crippen molar-refractivity contribution in [3.05, 3.63) is 58.7 Å². The smallest absolute Gasteiger partial charge is 0.341 e. The van der Waals surface area contributed by atoms with Gasteiger partial charge >= 0.3 is 5.97 Å². The molecule has 0 saturated carbocycles. The Morgan fingerprint density at radius 2 is 2.00 bits per heavy atom. The van der Waals surface area contributed by atoms with Crippen LogP contribution in [0.2, 0.25) is 0 Å². The quantitative estimate of drug-likeness (QED) is 0.710. The van der Waals surface area contributed by atoms with Crippen molar-refractivity contribution in [2.45, 2.75) is 0 Å². The summed E-state index contributed by atoms with van der Waals surface area (Å²) in [5, 5.41) is 1.04. The summed E-state index contributed by atoms with van der Waals surface area (Å²) in [6.07, 6.45) is 1.87. The fourth-order valence-corrected chi connectivity index (χ4v) is 2.42. The molecule has 3 aromatic rings. The van der Waals surface area contributed by atoms with Crippen LogP contribution in [0.25, 0.3) is 10.9 Å². The van der Waals surface area contributed by atoms with Crippen molar-refractivity contribution in [2.75, 3.05) is 7.11 Å². The molecule has 3 rings (SSSR count). The number of aromatic nitrogens is 1. The fraction of sp³-hybridized carbons (Fsp3) is 0.0625. The maximum absolute atomic E-state index is 11.8. The summed E-state index contributed by atoms with van der Waals surface area (Å²) in [7, 11) is 1.35. The van der Waals surface area contributed by atoms with Gasteiger partial charge in [-0.25, -0.2) is 4.79 Å². The Hall–Kier alpha value is -2.27. The molecule has 1 N–H and O–H groups in total. The van der Waals surface area contributed by atoms with E-state index >= 15 is 0 Å². The zero-order valence-corrected chi connectivity index (χ0v) is 12.8. The Morgan fingerprint density at radius 1 is 1.14 bits per heavy atom. The molecule has 0 saturated heterocycles. The predicted molar refractivity (Wildman–Crippen MR) is 83.9 cm³/mol. The molecule has 2 aromatic carbocycles. The second-order valence-electron chi connectivity index (χ2n) is 4.46. The lowest BCUT2D eigenvalue weighted by atomic mass is 10.2. The number of halogens is 1. The normalized spacial score (nSPS) is 10.6. The highest BCUT2D eigenvalue weighted by Gasteiger charge is 2.14. The highest BCUT2D eigenvalue weighted by atomic mass is 79.9. The summed E-state index contributed by atoms with van der Waals surface area (Å²) in [4.78, 5) is 14.9. The molecule has 106 valence electrons. The standard InChI is InChI=1S/C16H12BrNO3/c1-20-16(19)13-4-2-11(17)9-15(13)21-12-3-5-14-10(8-12)6-7-18-14/h2-9,18H,1H3. The average molecular weight is 346 g/mol. The maximum Gasteiger partial charge on any atom is 0.341 e. The summed E-state index contributed by atoms with van der Waals surface area (Å²) in [6.45, 7) is 0. The van der Waals surface area contributed by atoms with Gasteiger partial charge in [0.05, 0.1) is 7.11 Å². The van der Waals surface area contributed by atoms with E-state index in [2.05, 4.69) is 20.9 Å². The number of ether oxygens (including phenoxy) is 2. The number of aromatic amines is 1. The number of carbonyl (C=O) groups excluding carboxylic acids is 1. The third kappa shape index (κ3) is 2.78. The minimum absolute atomic E-state index is 0.384. The van der Waals surface area contributed by atoms with Crippen LogP contribution in [0.5, 0.6) is 11.5 Å². The first-order chi connectivity index (χ1) is 10.2. The van der Waals surface area contributed by atoms with Gasteiger partial charge in [-0.2, -0.15) is 0 Å². The Labute approximate surface area is 129 Å². The van der Waals surface area contributed by atoms with Crippen molar-refractivity contribution in [2.24, 2.45) is 0 Å². The van der Waals surface area contributed by atoms with Gasteiger partial charge in [0.15, 0.2) is 0 Å². The Kier molecular flexibility index (Phi) is 3.66. The lowest BCUT2D eigenvalue weighted by molar-refractivity contribution is 0.0598. The highest BCUT2D eigenvalue weighted by Crippen LogP contribution is 2.30. The number of hydrogen-bond acceptors (Lipinski definition) is 3. The molecule has 1 aromatic heterocycles. The maximum atomic E-state index is 11.8. The van der Waals surface area contributed by atoms with Crippen LogP contribution in [0, 0.1) is 0 Å². The van der Waals surface area contributed by atoms with Crippen LogP contribution in [0.1, 0.15) is 10.4 Å². The molecule has 0 aliphatic heterocycles. The van der Waals surface area contributed by atoms with Crippen LogP contribution in [-0.4, -0.2) is 18.1 Å². The third-order valence-corrected chi connectivity index (χ3v) is 3.59. The van der Waals surface area contributed by atoms with Crippen molar-refractivity contribution in [3.63, 3.8) is 0 Å². The van der Waals surface area contributed by atoms with Crippen molar-refractivity contribution in [3.8, 4) is 11.5 Å². The van der Waals surface area contributed by atoms with Crippen molar-refractivity contribution >= 4 is 32.8 Å². The van der Waals surface area contributed by atoms with Crippen molar-refractivity contribution < 1.29 is 14.3 Å². The van der Waals surface area contributed by atoms with Crippen molar-refractivity contribution in [1.82, 2.24) is 4.98 Å². The van der Waals surface area contributed by atoms with Gasteiger partial charge in [-0.15, -0.1) is 0 Å². The van der Waals surface area contributed by atoms with E-state index in [1.54, 1.807) is 18.2 Å². The molecule has 5 heteroatoms. The van der Waals surface area contributed by atoms with E-state index < -0.39 is 5.97 Å². The fourth-order valence-electron chi connectivity index (χ4n) is 2.08. The molecule has 0 amide bonds. The molecule has 0 atom stereocenters. The minimum Gasteiger partial charge on any atom is -0.465 e. The predicted octanol–water partition coefficient (Wildman–Crippen LogP) is 4.51. The summed E-state index contributed by atoms with van der Waals surface area (Å²) in [5.41, 5.74) is 1.42.